The zero-order valence-electron chi connectivity index (χ0n) is 16.9. The van der Waals surface area contributed by atoms with Crippen LogP contribution in [0.3, 0.4) is 0 Å². The summed E-state index contributed by atoms with van der Waals surface area (Å²) in [5, 5.41) is 41.9. The number of nitrogens with two attached hydrogens (primary N) is 1. The van der Waals surface area contributed by atoms with Crippen molar-refractivity contribution in [3.8, 4) is 5.75 Å². The number of pyridine rings is 1. The topological polar surface area (TPSA) is 225 Å². The summed E-state index contributed by atoms with van der Waals surface area (Å²) in [7, 11) is -4.71. The molecule has 14 nitrogen and oxygen atoms in total. The molecule has 0 spiro atoms. The second-order valence-corrected chi connectivity index (χ2v) is 8.64. The molecule has 1 fully saturated rings. The number of nitrogens with one attached hydrogen (secondary N) is 1. The van der Waals surface area contributed by atoms with Gasteiger partial charge in [-0.2, -0.15) is 4.98 Å². The minimum Gasteiger partial charge on any atom is -0.766 e. The van der Waals surface area contributed by atoms with Crippen LogP contribution >= 0.6 is 7.75 Å². The molecule has 5 atom stereocenters. The lowest BCUT2D eigenvalue weighted by Gasteiger charge is -2.27. The van der Waals surface area contributed by atoms with E-state index in [0.717, 1.165) is 4.57 Å². The van der Waals surface area contributed by atoms with Gasteiger partial charge in [-0.1, -0.05) is 0 Å². The van der Waals surface area contributed by atoms with Gasteiger partial charge in [0.2, 0.25) is 7.75 Å². The van der Waals surface area contributed by atoms with Crippen LogP contribution in [0, 0.1) is 6.92 Å². The van der Waals surface area contributed by atoms with Gasteiger partial charge in [-0.05, 0) is 13.0 Å². The molecule has 32 heavy (non-hydrogen) atoms. The van der Waals surface area contributed by atoms with Crippen LogP contribution in [0.25, 0.3) is 0 Å². The van der Waals surface area contributed by atoms with E-state index in [0.29, 0.717) is 0 Å². The first kappa shape index (κ1) is 24.2. The first-order chi connectivity index (χ1) is 15.0. The molecule has 1 aliphatic heterocycles. The third-order valence-corrected chi connectivity index (χ3v) is 5.96. The van der Waals surface area contributed by atoms with Crippen molar-refractivity contribution in [2.45, 2.75) is 44.6 Å². The fourth-order valence-corrected chi connectivity index (χ4v) is 3.91. The number of aryl methyl sites for hydroxylation is 1. The van der Waals surface area contributed by atoms with Crippen molar-refractivity contribution in [3.05, 3.63) is 45.8 Å². The molecule has 1 saturated heterocycles. The van der Waals surface area contributed by atoms with Crippen molar-refractivity contribution in [1.29, 1.82) is 0 Å². The summed E-state index contributed by atoms with van der Waals surface area (Å²) in [6, 6.07) is 1.29. The third-order valence-electron chi connectivity index (χ3n) is 4.92. The maximum absolute atomic E-state index is 12.2. The number of anilines is 1. The molecule has 2 aromatic rings. The molecule has 0 aliphatic carbocycles. The third kappa shape index (κ3) is 5.14. The summed E-state index contributed by atoms with van der Waals surface area (Å²) < 4.78 is 23.4. The number of aliphatic hydroxyl groups excluding tert-OH is 3. The van der Waals surface area contributed by atoms with Gasteiger partial charge in [-0.15, -0.1) is 0 Å². The average molecular weight is 472 g/mol. The number of nitrogens with zero attached hydrogens (tertiary/aromatic N) is 3. The predicted molar refractivity (Wildman–Crippen MR) is 106 cm³/mol. The number of aromatic hydroxyl groups is 1. The number of nitrogen functional groups attached to an aromatic ring is 1. The minimum atomic E-state index is -4.71. The lowest BCUT2D eigenvalue weighted by molar-refractivity contribution is -0.205. The molecular weight excluding hydrogens is 449 g/mol. The minimum absolute atomic E-state index is 0.0441. The van der Waals surface area contributed by atoms with E-state index < -0.39 is 57.7 Å². The Hall–Kier alpha value is -2.42. The highest BCUT2D eigenvalue weighted by Gasteiger charge is 2.44. The molecular formula is C17H23N5O9P-. The van der Waals surface area contributed by atoms with E-state index in [9.17, 15) is 34.7 Å². The number of hydrogen-bond donors (Lipinski definition) is 6. The Kier molecular flexibility index (Phi) is 7.27. The SMILES string of the molecule is Cc1ncc(CO)c(CNP(=O)([O-])OCC2OC(n3ccc(N)nc3=O)C(O)C2O)c1O. The van der Waals surface area contributed by atoms with Gasteiger partial charge in [0, 0.05) is 30.1 Å². The van der Waals surface area contributed by atoms with Crippen molar-refractivity contribution in [3.63, 3.8) is 0 Å². The van der Waals surface area contributed by atoms with Crippen molar-refractivity contribution < 1.29 is 39.1 Å². The number of ether oxygens (including phenoxy) is 1. The van der Waals surface area contributed by atoms with Crippen molar-refractivity contribution in [2.24, 2.45) is 0 Å². The van der Waals surface area contributed by atoms with Gasteiger partial charge in [-0.3, -0.25) is 19.2 Å². The summed E-state index contributed by atoms with van der Waals surface area (Å²) in [5.41, 5.74) is 5.19. The normalized spacial score (nSPS) is 25.0. The van der Waals surface area contributed by atoms with Gasteiger partial charge in [0.25, 0.3) is 0 Å². The van der Waals surface area contributed by atoms with Crippen molar-refractivity contribution in [2.75, 3.05) is 12.3 Å². The molecule has 0 bridgehead atoms. The van der Waals surface area contributed by atoms with Crippen LogP contribution in [0.15, 0.2) is 23.3 Å². The zero-order valence-corrected chi connectivity index (χ0v) is 17.8. The van der Waals surface area contributed by atoms with Crippen LogP contribution in [0.1, 0.15) is 23.0 Å². The number of hydrogen-bond acceptors (Lipinski definition) is 12. The summed E-state index contributed by atoms with van der Waals surface area (Å²) in [4.78, 5) is 31.6. The molecule has 5 unspecified atom stereocenters. The van der Waals surface area contributed by atoms with Gasteiger partial charge >= 0.3 is 5.69 Å². The highest BCUT2D eigenvalue weighted by Crippen LogP contribution is 2.36. The Morgan fingerprint density at radius 3 is 2.78 bits per heavy atom. The van der Waals surface area contributed by atoms with Gasteiger partial charge in [0.15, 0.2) is 6.23 Å². The van der Waals surface area contributed by atoms with E-state index in [1.165, 1.54) is 25.4 Å². The molecule has 0 aromatic carbocycles. The summed E-state index contributed by atoms with van der Waals surface area (Å²) in [5.74, 6) is -0.315. The van der Waals surface area contributed by atoms with Crippen LogP contribution in [0.2, 0.25) is 0 Å². The molecule has 3 rings (SSSR count). The van der Waals surface area contributed by atoms with Crippen LogP contribution in [-0.4, -0.2) is 59.9 Å². The van der Waals surface area contributed by atoms with Crippen LogP contribution in [0.4, 0.5) is 5.82 Å². The molecule has 0 saturated carbocycles. The molecule has 2 aromatic heterocycles. The standard InChI is InChI=1S/C17H24N5O9P/c1-8-13(24)10(9(6-23)4-19-8)5-20-32(28,29)30-7-11-14(25)15(26)16(31-11)22-3-2-12(18)21-17(22)27/h2-4,11,14-16,23-26H,5-7H2,1H3,(H2,18,21,27)(H2,20,28,29)/p-1. The molecule has 1 aliphatic rings. The van der Waals surface area contributed by atoms with E-state index in [4.69, 9.17) is 15.0 Å². The second-order valence-electron chi connectivity index (χ2n) is 7.07. The fourth-order valence-electron chi connectivity index (χ4n) is 3.13. The number of aliphatic hydroxyl groups is 3. The van der Waals surface area contributed by atoms with Gasteiger partial charge in [0.1, 0.15) is 29.9 Å². The molecule has 0 radical (unpaired) electrons. The molecule has 3 heterocycles. The van der Waals surface area contributed by atoms with Crippen LogP contribution in [0.5, 0.6) is 5.75 Å². The number of rotatable bonds is 8. The van der Waals surface area contributed by atoms with E-state index in [1.807, 2.05) is 0 Å². The smallest absolute Gasteiger partial charge is 0.351 e. The van der Waals surface area contributed by atoms with Crippen molar-refractivity contribution >= 4 is 13.6 Å². The van der Waals surface area contributed by atoms with E-state index in [2.05, 4.69) is 15.1 Å². The van der Waals surface area contributed by atoms with E-state index >= 15 is 0 Å². The maximum Gasteiger partial charge on any atom is 0.351 e. The van der Waals surface area contributed by atoms with Crippen LogP contribution in [-0.2, 0) is 27.0 Å². The second kappa shape index (κ2) is 9.60. The fraction of sp³-hybridized carbons (Fsp3) is 0.471. The molecule has 0 amide bonds. The predicted octanol–water partition coefficient (Wildman–Crippen LogP) is -2.38. The zero-order chi connectivity index (χ0) is 23.6. The first-order valence-electron chi connectivity index (χ1n) is 9.38. The summed E-state index contributed by atoms with van der Waals surface area (Å²) in [6.45, 7) is -0.0239. The van der Waals surface area contributed by atoms with Gasteiger partial charge in [0.05, 0.1) is 18.9 Å². The Morgan fingerprint density at radius 1 is 1.41 bits per heavy atom. The van der Waals surface area contributed by atoms with Crippen molar-refractivity contribution in [1.82, 2.24) is 19.6 Å². The lowest BCUT2D eigenvalue weighted by Crippen LogP contribution is -2.36. The lowest BCUT2D eigenvalue weighted by atomic mass is 10.1. The monoisotopic (exact) mass is 472 g/mol. The largest absolute Gasteiger partial charge is 0.766 e. The Balaban J connectivity index is 1.64. The Morgan fingerprint density at radius 2 is 2.12 bits per heavy atom. The Labute approximate surface area is 181 Å². The van der Waals surface area contributed by atoms with Gasteiger partial charge < -0.3 is 40.3 Å². The molecule has 176 valence electrons. The molecule has 15 heteroatoms. The van der Waals surface area contributed by atoms with Gasteiger partial charge in [-0.25, -0.2) is 4.79 Å². The summed E-state index contributed by atoms with van der Waals surface area (Å²) >= 11 is 0. The molecule has 7 N–H and O–H groups in total. The Bertz CT molecular complexity index is 1080. The maximum atomic E-state index is 12.2. The summed E-state index contributed by atoms with van der Waals surface area (Å²) in [6.07, 6.45) is -3.21. The first-order valence-corrected chi connectivity index (χ1v) is 10.9. The average Bonchev–Trinajstić information content (AvgIpc) is 3.02. The van der Waals surface area contributed by atoms with E-state index in [-0.39, 0.29) is 28.4 Å². The van der Waals surface area contributed by atoms with E-state index in [1.54, 1.807) is 0 Å². The highest BCUT2D eigenvalue weighted by atomic mass is 31.2. The van der Waals surface area contributed by atoms with Crippen LogP contribution < -0.4 is 21.4 Å². The highest BCUT2D eigenvalue weighted by molar-refractivity contribution is 7.49. The number of aromatic nitrogens is 3. The quantitative estimate of drug-likeness (QED) is 0.221.